The van der Waals surface area contributed by atoms with E-state index < -0.39 is 73.3 Å². The van der Waals surface area contributed by atoms with E-state index in [0.29, 0.717) is 12.8 Å². The van der Waals surface area contributed by atoms with E-state index in [0.717, 1.165) is 0 Å². The van der Waals surface area contributed by atoms with E-state index in [1.807, 2.05) is 27.7 Å². The fraction of sp³-hybridized carbons (Fsp3) is 0.960. The second kappa shape index (κ2) is 17.5. The standard InChI is InChI=1S/C17H32O8.C6H11O4.C2H6.Y/c1-8(2)12-6-11(19)14(16(22)24-12)25-17(3,4)7-9-5-10(18)13(20)15(21)23-9;1-3-2-4(7)5(8)6(9)10-3;1-2;/h8-16,18-22H,5-7H2,1-4H3;3-9H,1-2H2;1-2H3;/q;-1;;. The van der Waals surface area contributed by atoms with Crippen molar-refractivity contribution in [3.8, 4) is 0 Å². The predicted octanol–water partition coefficient (Wildman–Crippen LogP) is -0.833. The Labute approximate surface area is 251 Å². The van der Waals surface area contributed by atoms with E-state index in [2.05, 4.69) is 6.92 Å². The third-order valence-electron chi connectivity index (χ3n) is 6.41. The van der Waals surface area contributed by atoms with Gasteiger partial charge in [-0.3, -0.25) is 0 Å². The Hall–Kier alpha value is 0.624. The second-order valence-electron chi connectivity index (χ2n) is 10.5. The Balaban J connectivity index is 0.000000882. The normalized spacial score (nSPS) is 41.7. The summed E-state index contributed by atoms with van der Waals surface area (Å²) in [7, 11) is 0. The van der Waals surface area contributed by atoms with Gasteiger partial charge in [-0.2, -0.15) is 0 Å². The van der Waals surface area contributed by atoms with E-state index in [-0.39, 0.29) is 57.6 Å². The number of ether oxygens (including phenoxy) is 4. The molecule has 225 valence electrons. The van der Waals surface area contributed by atoms with Crippen LogP contribution in [0.5, 0.6) is 0 Å². The van der Waals surface area contributed by atoms with Crippen LogP contribution >= 0.6 is 0 Å². The molecule has 0 spiro atoms. The zero-order valence-electron chi connectivity index (χ0n) is 23.3. The van der Waals surface area contributed by atoms with E-state index in [1.54, 1.807) is 13.8 Å². The Morgan fingerprint density at radius 1 is 0.763 bits per heavy atom. The zero-order valence-corrected chi connectivity index (χ0v) is 26.2. The van der Waals surface area contributed by atoms with Crippen LogP contribution in [0, 0.1) is 12.8 Å². The van der Waals surface area contributed by atoms with E-state index in [4.69, 9.17) is 34.3 Å². The molecule has 3 aliphatic heterocycles. The summed E-state index contributed by atoms with van der Waals surface area (Å²) in [6.45, 7) is 14.9. The van der Waals surface area contributed by atoms with Gasteiger partial charge in [-0.15, -0.1) is 0 Å². The molecule has 12 unspecified atom stereocenters. The average molecular weight is 631 g/mol. The average Bonchev–Trinajstić information content (AvgIpc) is 2.79. The van der Waals surface area contributed by atoms with Crippen LogP contribution in [0.2, 0.25) is 0 Å². The Morgan fingerprint density at radius 3 is 1.71 bits per heavy atom. The SMILES string of the molecule is CC.CC(C)C1CC(O)C(OC(C)(C)CC2CC(O)C(O)C(O)O2)C(O)O1.[CH2-]C1CC(O)C(O)C(O)O1.[Y]. The summed E-state index contributed by atoms with van der Waals surface area (Å²) in [6, 6.07) is 0. The van der Waals surface area contributed by atoms with Crippen LogP contribution in [-0.4, -0.2) is 120 Å². The zero-order chi connectivity index (χ0) is 28.7. The first-order valence-electron chi connectivity index (χ1n) is 13.0. The maximum absolute atomic E-state index is 10.3. The first-order chi connectivity index (χ1) is 17.1. The maximum Gasteiger partial charge on any atom is 0.184 e. The topological polar surface area (TPSA) is 199 Å². The van der Waals surface area contributed by atoms with Gasteiger partial charge in [-0.25, -0.2) is 0 Å². The molecule has 3 rings (SSSR count). The quantitative estimate of drug-likeness (QED) is 0.176. The molecule has 0 saturated carbocycles. The van der Waals surface area contributed by atoms with Gasteiger partial charge in [-0.05, 0) is 26.2 Å². The molecule has 0 amide bonds. The van der Waals surface area contributed by atoms with Crippen molar-refractivity contribution in [3.05, 3.63) is 6.92 Å². The molecular formula is C25H49O12Y-. The Morgan fingerprint density at radius 2 is 1.26 bits per heavy atom. The van der Waals surface area contributed by atoms with Crippen molar-refractivity contribution >= 4 is 0 Å². The fourth-order valence-corrected chi connectivity index (χ4v) is 4.40. The summed E-state index contributed by atoms with van der Waals surface area (Å²) in [5, 5.41) is 76.2. The van der Waals surface area contributed by atoms with Crippen LogP contribution in [0.4, 0.5) is 0 Å². The molecule has 1 radical (unpaired) electrons. The van der Waals surface area contributed by atoms with Gasteiger partial charge in [0.05, 0.1) is 36.1 Å². The van der Waals surface area contributed by atoms with Gasteiger partial charge < -0.3 is 66.7 Å². The molecule has 0 aliphatic carbocycles. The maximum atomic E-state index is 10.3. The van der Waals surface area contributed by atoms with Crippen LogP contribution in [0.3, 0.4) is 0 Å². The third-order valence-corrected chi connectivity index (χ3v) is 6.41. The molecular weight excluding hydrogens is 581 g/mol. The summed E-state index contributed by atoms with van der Waals surface area (Å²) in [6.07, 6.45) is -10.4. The van der Waals surface area contributed by atoms with Crippen LogP contribution in [0.1, 0.15) is 67.2 Å². The molecule has 8 N–H and O–H groups in total. The number of hydrogen-bond donors (Lipinski definition) is 8. The monoisotopic (exact) mass is 630 g/mol. The fourth-order valence-electron chi connectivity index (χ4n) is 4.40. The molecule has 0 aromatic rings. The van der Waals surface area contributed by atoms with Crippen molar-refractivity contribution in [2.75, 3.05) is 0 Å². The van der Waals surface area contributed by atoms with Crippen LogP contribution in [0.15, 0.2) is 0 Å². The number of aliphatic hydroxyl groups is 8. The smallest absolute Gasteiger partial charge is 0.184 e. The summed E-state index contributed by atoms with van der Waals surface area (Å²) < 4.78 is 21.5. The minimum Gasteiger partial charge on any atom is -0.390 e. The van der Waals surface area contributed by atoms with E-state index in [9.17, 15) is 25.5 Å². The van der Waals surface area contributed by atoms with Gasteiger partial charge in [0.2, 0.25) is 0 Å². The second-order valence-corrected chi connectivity index (χ2v) is 10.5. The first kappa shape index (κ1) is 38.6. The Kier molecular flexibility index (Phi) is 17.8. The first-order valence-corrected chi connectivity index (χ1v) is 13.0. The summed E-state index contributed by atoms with van der Waals surface area (Å²) >= 11 is 0. The minimum atomic E-state index is -1.45. The van der Waals surface area contributed by atoms with Crippen molar-refractivity contribution in [1.29, 1.82) is 0 Å². The summed E-state index contributed by atoms with van der Waals surface area (Å²) in [4.78, 5) is 0. The van der Waals surface area contributed by atoms with Crippen molar-refractivity contribution in [2.45, 2.75) is 147 Å². The van der Waals surface area contributed by atoms with Crippen molar-refractivity contribution < 1.29 is 92.5 Å². The number of aliphatic hydroxyl groups excluding tert-OH is 8. The molecule has 3 saturated heterocycles. The predicted molar refractivity (Wildman–Crippen MR) is 132 cm³/mol. The van der Waals surface area contributed by atoms with Crippen molar-refractivity contribution in [1.82, 2.24) is 0 Å². The minimum absolute atomic E-state index is 0. The largest absolute Gasteiger partial charge is 0.390 e. The van der Waals surface area contributed by atoms with Crippen LogP contribution in [0.25, 0.3) is 0 Å². The van der Waals surface area contributed by atoms with Gasteiger partial charge in [0.25, 0.3) is 0 Å². The van der Waals surface area contributed by atoms with Crippen LogP contribution < -0.4 is 0 Å². The molecule has 12 atom stereocenters. The van der Waals surface area contributed by atoms with Gasteiger partial charge in [-0.1, -0.05) is 33.8 Å². The van der Waals surface area contributed by atoms with Gasteiger partial charge in [0.15, 0.2) is 18.9 Å². The van der Waals surface area contributed by atoms with Crippen molar-refractivity contribution in [3.63, 3.8) is 0 Å². The van der Waals surface area contributed by atoms with E-state index >= 15 is 0 Å². The molecule has 0 aromatic carbocycles. The molecule has 3 fully saturated rings. The molecule has 3 heterocycles. The summed E-state index contributed by atoms with van der Waals surface area (Å²) in [5.74, 6) is 0.170. The molecule has 13 heteroatoms. The molecule has 38 heavy (non-hydrogen) atoms. The molecule has 3 aliphatic rings. The van der Waals surface area contributed by atoms with Gasteiger partial charge >= 0.3 is 0 Å². The van der Waals surface area contributed by atoms with Gasteiger partial charge in [0, 0.05) is 52.0 Å². The third kappa shape index (κ3) is 11.9. The van der Waals surface area contributed by atoms with Gasteiger partial charge in [0.1, 0.15) is 18.3 Å². The summed E-state index contributed by atoms with van der Waals surface area (Å²) in [5.41, 5.74) is -0.812. The molecule has 0 bridgehead atoms. The molecule has 0 aromatic heterocycles. The molecule has 12 nitrogen and oxygen atoms in total. The van der Waals surface area contributed by atoms with Crippen LogP contribution in [-0.2, 0) is 51.7 Å². The Bertz CT molecular complexity index is 605. The number of rotatable bonds is 5. The number of hydrogen-bond acceptors (Lipinski definition) is 12. The van der Waals surface area contributed by atoms with Crippen molar-refractivity contribution in [2.24, 2.45) is 5.92 Å². The van der Waals surface area contributed by atoms with E-state index in [1.165, 1.54) is 0 Å².